The SMILES string of the molecule is CSc1ccccc1NC(=O)[C@@H]1CCCN(S(=O)(=O)Cc2cccc(Cl)c2)C1. The van der Waals surface area contributed by atoms with Gasteiger partial charge in [-0.05, 0) is 48.9 Å². The third kappa shape index (κ3) is 5.29. The lowest BCUT2D eigenvalue weighted by Crippen LogP contribution is -2.44. The van der Waals surface area contributed by atoms with E-state index in [1.165, 1.54) is 4.31 Å². The molecule has 0 saturated carbocycles. The molecular weight excluding hydrogens is 416 g/mol. The molecule has 1 saturated heterocycles. The number of nitrogens with zero attached hydrogens (tertiary/aromatic N) is 1. The van der Waals surface area contributed by atoms with Crippen LogP contribution in [0.15, 0.2) is 53.4 Å². The zero-order chi connectivity index (χ0) is 20.1. The zero-order valence-electron chi connectivity index (χ0n) is 15.6. The molecule has 28 heavy (non-hydrogen) atoms. The lowest BCUT2D eigenvalue weighted by Gasteiger charge is -2.31. The number of carbonyl (C=O) groups excluding carboxylic acids is 1. The summed E-state index contributed by atoms with van der Waals surface area (Å²) in [6, 6.07) is 14.5. The molecule has 1 atom stereocenters. The van der Waals surface area contributed by atoms with Crippen molar-refractivity contribution in [3.63, 3.8) is 0 Å². The van der Waals surface area contributed by atoms with Gasteiger partial charge in [-0.2, -0.15) is 0 Å². The molecule has 1 fully saturated rings. The monoisotopic (exact) mass is 438 g/mol. The highest BCUT2D eigenvalue weighted by Gasteiger charge is 2.32. The van der Waals surface area contributed by atoms with E-state index in [9.17, 15) is 13.2 Å². The number of sulfonamides is 1. The third-order valence-corrected chi connectivity index (χ3v) is 7.60. The number of para-hydroxylation sites is 1. The van der Waals surface area contributed by atoms with Gasteiger partial charge in [-0.3, -0.25) is 4.79 Å². The summed E-state index contributed by atoms with van der Waals surface area (Å²) in [7, 11) is -3.51. The number of anilines is 1. The highest BCUT2D eigenvalue weighted by molar-refractivity contribution is 7.98. The van der Waals surface area contributed by atoms with E-state index in [1.54, 1.807) is 36.0 Å². The molecule has 1 N–H and O–H groups in total. The molecule has 150 valence electrons. The first-order valence-corrected chi connectivity index (χ1v) is 12.3. The van der Waals surface area contributed by atoms with Crippen molar-refractivity contribution in [1.82, 2.24) is 4.31 Å². The van der Waals surface area contributed by atoms with Crippen molar-refractivity contribution in [3.8, 4) is 0 Å². The van der Waals surface area contributed by atoms with E-state index in [0.29, 0.717) is 30.0 Å². The van der Waals surface area contributed by atoms with Crippen LogP contribution in [0.5, 0.6) is 0 Å². The van der Waals surface area contributed by atoms with Crippen LogP contribution in [0.4, 0.5) is 5.69 Å². The number of halogens is 1. The van der Waals surface area contributed by atoms with Crippen molar-refractivity contribution in [3.05, 3.63) is 59.1 Å². The number of thioether (sulfide) groups is 1. The van der Waals surface area contributed by atoms with Crippen LogP contribution in [0.25, 0.3) is 0 Å². The van der Waals surface area contributed by atoms with Crippen molar-refractivity contribution >= 4 is 45.0 Å². The predicted octanol–water partition coefficient (Wildman–Crippen LogP) is 4.24. The van der Waals surface area contributed by atoms with E-state index in [4.69, 9.17) is 11.6 Å². The van der Waals surface area contributed by atoms with E-state index in [2.05, 4.69) is 5.32 Å². The van der Waals surface area contributed by atoms with E-state index >= 15 is 0 Å². The molecule has 0 unspecified atom stereocenters. The summed E-state index contributed by atoms with van der Waals surface area (Å²) in [6.45, 7) is 0.643. The summed E-state index contributed by atoms with van der Waals surface area (Å²) in [4.78, 5) is 13.7. The fraction of sp³-hybridized carbons (Fsp3) is 0.350. The molecule has 0 spiro atoms. The maximum Gasteiger partial charge on any atom is 0.228 e. The number of amides is 1. The molecule has 0 aliphatic carbocycles. The van der Waals surface area contributed by atoms with Crippen LogP contribution in [-0.2, 0) is 20.6 Å². The molecule has 2 aromatic rings. The zero-order valence-corrected chi connectivity index (χ0v) is 18.0. The smallest absolute Gasteiger partial charge is 0.228 e. The predicted molar refractivity (Wildman–Crippen MR) is 115 cm³/mol. The molecule has 8 heteroatoms. The normalized spacial score (nSPS) is 18.0. The minimum Gasteiger partial charge on any atom is -0.325 e. The van der Waals surface area contributed by atoms with E-state index in [1.807, 2.05) is 30.5 Å². The molecule has 0 bridgehead atoms. The Morgan fingerprint density at radius 1 is 1.25 bits per heavy atom. The highest BCUT2D eigenvalue weighted by atomic mass is 35.5. The van der Waals surface area contributed by atoms with Gasteiger partial charge in [0.25, 0.3) is 0 Å². The van der Waals surface area contributed by atoms with Gasteiger partial charge in [0.1, 0.15) is 0 Å². The quantitative estimate of drug-likeness (QED) is 0.685. The molecule has 1 aliphatic heterocycles. The van der Waals surface area contributed by atoms with Crippen LogP contribution < -0.4 is 5.32 Å². The highest BCUT2D eigenvalue weighted by Crippen LogP contribution is 2.27. The van der Waals surface area contributed by atoms with Gasteiger partial charge in [-0.15, -0.1) is 11.8 Å². The van der Waals surface area contributed by atoms with Crippen molar-refractivity contribution in [2.24, 2.45) is 5.92 Å². The van der Waals surface area contributed by atoms with Crippen molar-refractivity contribution in [1.29, 1.82) is 0 Å². The van der Waals surface area contributed by atoms with Crippen LogP contribution in [0, 0.1) is 5.92 Å². The van der Waals surface area contributed by atoms with Crippen LogP contribution in [0.2, 0.25) is 5.02 Å². The summed E-state index contributed by atoms with van der Waals surface area (Å²) < 4.78 is 27.1. The van der Waals surface area contributed by atoms with Gasteiger partial charge in [0.2, 0.25) is 15.9 Å². The Morgan fingerprint density at radius 3 is 2.79 bits per heavy atom. The maximum atomic E-state index is 12.8. The Bertz CT molecular complexity index is 950. The van der Waals surface area contributed by atoms with Gasteiger partial charge in [-0.25, -0.2) is 12.7 Å². The van der Waals surface area contributed by atoms with Crippen LogP contribution >= 0.6 is 23.4 Å². The summed E-state index contributed by atoms with van der Waals surface area (Å²) in [5, 5.41) is 3.47. The average molecular weight is 439 g/mol. The van der Waals surface area contributed by atoms with Gasteiger partial charge >= 0.3 is 0 Å². The van der Waals surface area contributed by atoms with Crippen LogP contribution in [0.1, 0.15) is 18.4 Å². The molecule has 1 heterocycles. The lowest BCUT2D eigenvalue weighted by molar-refractivity contribution is -0.120. The molecule has 0 aromatic heterocycles. The van der Waals surface area contributed by atoms with E-state index in [0.717, 1.165) is 10.6 Å². The van der Waals surface area contributed by atoms with Crippen LogP contribution in [-0.4, -0.2) is 38.0 Å². The fourth-order valence-electron chi connectivity index (χ4n) is 3.32. The number of carbonyl (C=O) groups is 1. The summed E-state index contributed by atoms with van der Waals surface area (Å²) >= 11 is 7.52. The second-order valence-corrected chi connectivity index (χ2v) is 10.0. The van der Waals surface area contributed by atoms with Gasteiger partial charge in [0, 0.05) is 23.0 Å². The van der Waals surface area contributed by atoms with Crippen molar-refractivity contribution in [2.45, 2.75) is 23.5 Å². The maximum absolute atomic E-state index is 12.8. The first kappa shape index (κ1) is 21.2. The molecule has 1 amide bonds. The summed E-state index contributed by atoms with van der Waals surface area (Å²) in [5.41, 5.74) is 1.41. The second kappa shape index (κ2) is 9.31. The molecule has 1 aliphatic rings. The number of rotatable bonds is 6. The molecule has 2 aromatic carbocycles. The largest absolute Gasteiger partial charge is 0.325 e. The van der Waals surface area contributed by atoms with Crippen molar-refractivity contribution in [2.75, 3.05) is 24.7 Å². The number of nitrogens with one attached hydrogen (secondary N) is 1. The minimum absolute atomic E-state index is 0.114. The molecule has 0 radical (unpaired) electrons. The number of hydrogen-bond acceptors (Lipinski definition) is 4. The first-order chi connectivity index (χ1) is 13.4. The summed E-state index contributed by atoms with van der Waals surface area (Å²) in [6.07, 6.45) is 3.29. The van der Waals surface area contributed by atoms with E-state index < -0.39 is 10.0 Å². The molecular formula is C20H23ClN2O3S2. The van der Waals surface area contributed by atoms with Gasteiger partial charge in [0.15, 0.2) is 0 Å². The Labute approximate surface area is 175 Å². The van der Waals surface area contributed by atoms with Gasteiger partial charge < -0.3 is 5.32 Å². The Morgan fingerprint density at radius 2 is 2.04 bits per heavy atom. The Balaban J connectivity index is 1.68. The fourth-order valence-corrected chi connectivity index (χ4v) is 5.68. The average Bonchev–Trinajstić information content (AvgIpc) is 2.68. The van der Waals surface area contributed by atoms with Gasteiger partial charge in [-0.1, -0.05) is 35.9 Å². The topological polar surface area (TPSA) is 66.5 Å². The number of piperidine rings is 1. The molecule has 5 nitrogen and oxygen atoms in total. The molecule has 3 rings (SSSR count). The van der Waals surface area contributed by atoms with Crippen molar-refractivity contribution < 1.29 is 13.2 Å². The first-order valence-electron chi connectivity index (χ1n) is 9.05. The number of hydrogen-bond donors (Lipinski definition) is 1. The Kier molecular flexibility index (Phi) is 7.04. The standard InChI is InChI=1S/C20H23ClN2O3S2/c1-27-19-10-3-2-9-18(19)22-20(24)16-7-5-11-23(13-16)28(25,26)14-15-6-4-8-17(21)12-15/h2-4,6,8-10,12,16H,5,7,11,13-14H2,1H3,(H,22,24)/t16-/m1/s1. The summed E-state index contributed by atoms with van der Waals surface area (Å²) in [5.74, 6) is -0.612. The Hall–Kier alpha value is -1.54. The van der Waals surface area contributed by atoms with Crippen LogP contribution in [0.3, 0.4) is 0 Å². The third-order valence-electron chi connectivity index (χ3n) is 4.75. The lowest BCUT2D eigenvalue weighted by atomic mass is 9.99. The van der Waals surface area contributed by atoms with Gasteiger partial charge in [0.05, 0.1) is 17.4 Å². The second-order valence-electron chi connectivity index (χ2n) is 6.77. The minimum atomic E-state index is -3.51. The van der Waals surface area contributed by atoms with E-state index in [-0.39, 0.29) is 24.1 Å². The number of benzene rings is 2.